The van der Waals surface area contributed by atoms with Crippen molar-refractivity contribution in [2.75, 3.05) is 13.6 Å². The molecule has 0 heterocycles. The Morgan fingerprint density at radius 1 is 1.21 bits per heavy atom. The van der Waals surface area contributed by atoms with Crippen LogP contribution in [0.4, 0.5) is 17.6 Å². The van der Waals surface area contributed by atoms with Crippen molar-refractivity contribution in [3.8, 4) is 0 Å². The Bertz CT molecular complexity index is 426. The summed E-state index contributed by atoms with van der Waals surface area (Å²) in [5.41, 5.74) is 0.354. The standard InChI is InChI=1S/C11H14BF4NO2/c1-17(3-2-11(14,15)16)7-8-4-9(12(18)19)6-10(13)5-8/h4-6,18-19H,2-3,7H2,1H3. The third kappa shape index (κ3) is 6.04. The molecule has 0 amide bonds. The Morgan fingerprint density at radius 3 is 2.37 bits per heavy atom. The van der Waals surface area contributed by atoms with Crippen molar-refractivity contribution in [3.05, 3.63) is 29.6 Å². The number of nitrogens with zero attached hydrogens (tertiary/aromatic N) is 1. The van der Waals surface area contributed by atoms with E-state index in [1.54, 1.807) is 0 Å². The number of hydrogen-bond acceptors (Lipinski definition) is 3. The van der Waals surface area contributed by atoms with E-state index in [-0.39, 0.29) is 18.6 Å². The highest BCUT2D eigenvalue weighted by Gasteiger charge is 2.27. The summed E-state index contributed by atoms with van der Waals surface area (Å²) in [6.45, 7) is -0.120. The van der Waals surface area contributed by atoms with Crippen LogP contribution in [0.1, 0.15) is 12.0 Å². The van der Waals surface area contributed by atoms with Crippen molar-refractivity contribution >= 4 is 12.6 Å². The molecule has 106 valence electrons. The quantitative estimate of drug-likeness (QED) is 0.621. The lowest BCUT2D eigenvalue weighted by Gasteiger charge is -2.18. The molecule has 1 rings (SSSR count). The molecule has 3 nitrogen and oxygen atoms in total. The lowest BCUT2D eigenvalue weighted by atomic mass is 9.79. The van der Waals surface area contributed by atoms with E-state index in [2.05, 4.69) is 0 Å². The second-order valence-electron chi connectivity index (χ2n) is 4.37. The molecule has 0 aliphatic carbocycles. The number of hydrogen-bond donors (Lipinski definition) is 2. The third-order valence-corrected chi connectivity index (χ3v) is 2.51. The lowest BCUT2D eigenvalue weighted by Crippen LogP contribution is -2.31. The van der Waals surface area contributed by atoms with E-state index < -0.39 is 25.5 Å². The van der Waals surface area contributed by atoms with Gasteiger partial charge in [-0.05, 0) is 30.2 Å². The maximum atomic E-state index is 13.2. The van der Waals surface area contributed by atoms with Crippen LogP contribution in [0, 0.1) is 5.82 Å². The summed E-state index contributed by atoms with van der Waals surface area (Å²) in [6, 6.07) is 3.46. The Balaban J connectivity index is 2.66. The van der Waals surface area contributed by atoms with Crippen LogP contribution in [-0.4, -0.2) is 41.8 Å². The van der Waals surface area contributed by atoms with Crippen LogP contribution in [0.5, 0.6) is 0 Å². The summed E-state index contributed by atoms with van der Waals surface area (Å²) in [5.74, 6) is -0.662. The average molecular weight is 279 g/mol. The van der Waals surface area contributed by atoms with Gasteiger partial charge >= 0.3 is 13.3 Å². The number of alkyl halides is 3. The van der Waals surface area contributed by atoms with Crippen LogP contribution in [-0.2, 0) is 6.54 Å². The van der Waals surface area contributed by atoms with E-state index in [1.165, 1.54) is 18.0 Å². The zero-order chi connectivity index (χ0) is 14.6. The van der Waals surface area contributed by atoms with Crippen molar-refractivity contribution in [1.29, 1.82) is 0 Å². The molecule has 0 unspecified atom stereocenters. The fraction of sp³-hybridized carbons (Fsp3) is 0.455. The van der Waals surface area contributed by atoms with Gasteiger partial charge in [-0.1, -0.05) is 6.07 Å². The minimum atomic E-state index is -4.23. The fourth-order valence-electron chi connectivity index (χ4n) is 1.62. The second kappa shape index (κ2) is 6.36. The van der Waals surface area contributed by atoms with Gasteiger partial charge in [-0.2, -0.15) is 13.2 Å². The first-order valence-electron chi connectivity index (χ1n) is 5.58. The number of rotatable bonds is 5. The summed E-state index contributed by atoms with van der Waals surface area (Å²) in [7, 11) is -0.332. The first kappa shape index (κ1) is 15.9. The molecule has 8 heteroatoms. The number of benzene rings is 1. The topological polar surface area (TPSA) is 43.7 Å². The molecule has 1 aromatic carbocycles. The average Bonchev–Trinajstić information content (AvgIpc) is 2.24. The van der Waals surface area contributed by atoms with Crippen LogP contribution in [0.15, 0.2) is 18.2 Å². The molecule has 0 saturated heterocycles. The first-order chi connectivity index (χ1) is 8.67. The molecule has 0 fully saturated rings. The largest absolute Gasteiger partial charge is 0.488 e. The van der Waals surface area contributed by atoms with Gasteiger partial charge in [-0.25, -0.2) is 4.39 Å². The van der Waals surface area contributed by atoms with Gasteiger partial charge in [-0.3, -0.25) is 0 Å². The van der Waals surface area contributed by atoms with Gasteiger partial charge in [0.15, 0.2) is 0 Å². The van der Waals surface area contributed by atoms with E-state index >= 15 is 0 Å². The van der Waals surface area contributed by atoms with Crippen LogP contribution >= 0.6 is 0 Å². The van der Waals surface area contributed by atoms with E-state index in [0.717, 1.165) is 12.1 Å². The minimum Gasteiger partial charge on any atom is -0.423 e. The Hall–Kier alpha value is -1.12. The van der Waals surface area contributed by atoms with Gasteiger partial charge in [0.25, 0.3) is 0 Å². The first-order valence-corrected chi connectivity index (χ1v) is 5.58. The molecule has 0 spiro atoms. The zero-order valence-electron chi connectivity index (χ0n) is 10.3. The molecule has 19 heavy (non-hydrogen) atoms. The highest BCUT2D eigenvalue weighted by molar-refractivity contribution is 6.58. The smallest absolute Gasteiger partial charge is 0.423 e. The van der Waals surface area contributed by atoms with Crippen molar-refractivity contribution in [2.45, 2.75) is 19.1 Å². The Kier molecular flexibility index (Phi) is 5.33. The third-order valence-electron chi connectivity index (χ3n) is 2.51. The van der Waals surface area contributed by atoms with Crippen LogP contribution in [0.25, 0.3) is 0 Å². The van der Waals surface area contributed by atoms with Crippen molar-refractivity contribution in [2.24, 2.45) is 0 Å². The van der Waals surface area contributed by atoms with Crippen molar-refractivity contribution in [1.82, 2.24) is 4.90 Å². The van der Waals surface area contributed by atoms with Gasteiger partial charge < -0.3 is 14.9 Å². The molecular formula is C11H14BF4NO2. The predicted octanol–water partition coefficient (Wildman–Crippen LogP) is 0.890. The molecule has 0 saturated carbocycles. The maximum Gasteiger partial charge on any atom is 0.488 e. The molecule has 0 aliphatic rings. The van der Waals surface area contributed by atoms with E-state index in [1.807, 2.05) is 0 Å². The van der Waals surface area contributed by atoms with Crippen molar-refractivity contribution < 1.29 is 27.6 Å². The molecule has 1 aromatic rings. The molecule has 0 aromatic heterocycles. The Morgan fingerprint density at radius 2 is 1.84 bits per heavy atom. The monoisotopic (exact) mass is 279 g/mol. The van der Waals surface area contributed by atoms with Gasteiger partial charge in [0.05, 0.1) is 6.42 Å². The highest BCUT2D eigenvalue weighted by atomic mass is 19.4. The normalized spacial score (nSPS) is 12.0. The SMILES string of the molecule is CN(CCC(F)(F)F)Cc1cc(F)cc(B(O)O)c1. The predicted molar refractivity (Wildman–Crippen MR) is 63.2 cm³/mol. The summed E-state index contributed by atoms with van der Waals surface area (Å²) in [4.78, 5) is 1.38. The number of halogens is 4. The molecule has 0 atom stereocenters. The second-order valence-corrected chi connectivity index (χ2v) is 4.37. The minimum absolute atomic E-state index is 0.0285. The summed E-state index contributed by atoms with van der Waals surface area (Å²) < 4.78 is 49.3. The Labute approximate surface area is 108 Å². The van der Waals surface area contributed by atoms with Gasteiger partial charge in [0, 0.05) is 13.1 Å². The van der Waals surface area contributed by atoms with Crippen LogP contribution in [0.2, 0.25) is 0 Å². The van der Waals surface area contributed by atoms with E-state index in [4.69, 9.17) is 10.0 Å². The van der Waals surface area contributed by atoms with E-state index in [9.17, 15) is 17.6 Å². The molecular weight excluding hydrogens is 265 g/mol. The molecule has 0 bridgehead atoms. The summed E-state index contributed by atoms with van der Waals surface area (Å²) in [5, 5.41) is 17.9. The zero-order valence-corrected chi connectivity index (χ0v) is 10.3. The fourth-order valence-corrected chi connectivity index (χ4v) is 1.62. The maximum absolute atomic E-state index is 13.2. The van der Waals surface area contributed by atoms with Gasteiger partial charge in [0.2, 0.25) is 0 Å². The highest BCUT2D eigenvalue weighted by Crippen LogP contribution is 2.19. The van der Waals surface area contributed by atoms with Crippen LogP contribution in [0.3, 0.4) is 0 Å². The summed E-state index contributed by atoms with van der Waals surface area (Å²) in [6.07, 6.45) is -5.18. The molecule has 0 aliphatic heterocycles. The van der Waals surface area contributed by atoms with Crippen LogP contribution < -0.4 is 5.46 Å². The summed E-state index contributed by atoms with van der Waals surface area (Å²) >= 11 is 0. The van der Waals surface area contributed by atoms with Gasteiger partial charge in [0.1, 0.15) is 5.82 Å². The molecule has 2 N–H and O–H groups in total. The molecule has 0 radical (unpaired) electrons. The van der Waals surface area contributed by atoms with E-state index in [0.29, 0.717) is 5.56 Å². The van der Waals surface area contributed by atoms with Gasteiger partial charge in [-0.15, -0.1) is 0 Å². The lowest BCUT2D eigenvalue weighted by molar-refractivity contribution is -0.137. The van der Waals surface area contributed by atoms with Crippen molar-refractivity contribution in [3.63, 3.8) is 0 Å².